The van der Waals surface area contributed by atoms with Gasteiger partial charge in [0, 0.05) is 17.8 Å². The van der Waals surface area contributed by atoms with Crippen molar-refractivity contribution in [2.75, 3.05) is 17.2 Å². The van der Waals surface area contributed by atoms with Crippen LogP contribution in [-0.2, 0) is 19.1 Å². The summed E-state index contributed by atoms with van der Waals surface area (Å²) in [5.74, 6) is -0.0223. The van der Waals surface area contributed by atoms with Crippen LogP contribution in [0.25, 0.3) is 0 Å². The van der Waals surface area contributed by atoms with Crippen molar-refractivity contribution in [3.05, 3.63) is 83.9 Å². The minimum Gasteiger partial charge on any atom is -0.457 e. The highest BCUT2D eigenvalue weighted by molar-refractivity contribution is 5.94. The predicted octanol–water partition coefficient (Wildman–Crippen LogP) is 5.00. The molecular formula is C26H26N2O5. The zero-order valence-electron chi connectivity index (χ0n) is 18.6. The van der Waals surface area contributed by atoms with E-state index in [0.29, 0.717) is 17.1 Å². The first kappa shape index (κ1) is 23.5. The number of nitrogens with one attached hydrogen (secondary N) is 2. The first-order valence-electron chi connectivity index (χ1n) is 10.5. The van der Waals surface area contributed by atoms with Crippen LogP contribution >= 0.6 is 0 Å². The van der Waals surface area contributed by atoms with E-state index in [1.807, 2.05) is 56.3 Å². The third kappa shape index (κ3) is 7.81. The molecule has 170 valence electrons. The van der Waals surface area contributed by atoms with E-state index >= 15 is 0 Å². The summed E-state index contributed by atoms with van der Waals surface area (Å²) in [5.41, 5.74) is 3.26. The number of carbonyl (C=O) groups excluding carboxylic acids is 3. The third-order valence-electron chi connectivity index (χ3n) is 4.69. The number of para-hydroxylation sites is 1. The van der Waals surface area contributed by atoms with Gasteiger partial charge in [0.2, 0.25) is 5.91 Å². The van der Waals surface area contributed by atoms with Crippen molar-refractivity contribution >= 4 is 29.2 Å². The van der Waals surface area contributed by atoms with Crippen LogP contribution in [0.4, 0.5) is 11.4 Å². The molecule has 0 unspecified atom stereocenters. The summed E-state index contributed by atoms with van der Waals surface area (Å²) in [6.07, 6.45) is -0.183. The summed E-state index contributed by atoms with van der Waals surface area (Å²) in [7, 11) is 0. The first-order valence-corrected chi connectivity index (χ1v) is 10.5. The lowest BCUT2D eigenvalue weighted by atomic mass is 10.1. The molecule has 7 heteroatoms. The number of anilines is 2. The second-order valence-corrected chi connectivity index (χ2v) is 7.51. The molecular weight excluding hydrogens is 420 g/mol. The molecule has 0 radical (unpaired) electrons. The van der Waals surface area contributed by atoms with Gasteiger partial charge >= 0.3 is 5.97 Å². The van der Waals surface area contributed by atoms with Gasteiger partial charge in [0.15, 0.2) is 6.61 Å². The molecule has 3 aromatic rings. The van der Waals surface area contributed by atoms with Gasteiger partial charge in [-0.25, -0.2) is 0 Å². The Bertz CT molecular complexity index is 1110. The fourth-order valence-corrected chi connectivity index (χ4v) is 3.03. The van der Waals surface area contributed by atoms with Crippen molar-refractivity contribution in [1.82, 2.24) is 0 Å². The number of rotatable bonds is 9. The number of ether oxygens (including phenoxy) is 2. The molecule has 0 saturated carbocycles. The van der Waals surface area contributed by atoms with Crippen LogP contribution in [0, 0.1) is 13.8 Å². The Morgan fingerprint density at radius 3 is 2.15 bits per heavy atom. The van der Waals surface area contributed by atoms with Crippen molar-refractivity contribution in [3.63, 3.8) is 0 Å². The van der Waals surface area contributed by atoms with Crippen molar-refractivity contribution < 1.29 is 23.9 Å². The van der Waals surface area contributed by atoms with Crippen LogP contribution in [0.5, 0.6) is 11.5 Å². The Balaban J connectivity index is 1.36. The maximum Gasteiger partial charge on any atom is 0.306 e. The minimum atomic E-state index is -0.618. The lowest BCUT2D eigenvalue weighted by Gasteiger charge is -2.10. The van der Waals surface area contributed by atoms with E-state index < -0.39 is 18.5 Å². The molecule has 33 heavy (non-hydrogen) atoms. The highest BCUT2D eigenvalue weighted by atomic mass is 16.5. The predicted molar refractivity (Wildman–Crippen MR) is 126 cm³/mol. The number of hydrogen-bond acceptors (Lipinski definition) is 5. The van der Waals surface area contributed by atoms with Crippen LogP contribution in [0.3, 0.4) is 0 Å². The van der Waals surface area contributed by atoms with Gasteiger partial charge in [0.25, 0.3) is 5.91 Å². The molecule has 2 amide bonds. The molecule has 0 atom stereocenters. The highest BCUT2D eigenvalue weighted by Crippen LogP contribution is 2.22. The smallest absolute Gasteiger partial charge is 0.306 e. The molecule has 2 N–H and O–H groups in total. The topological polar surface area (TPSA) is 93.7 Å². The molecule has 0 spiro atoms. The number of benzene rings is 3. The quantitative estimate of drug-likeness (QED) is 0.451. The monoisotopic (exact) mass is 446 g/mol. The first-order chi connectivity index (χ1) is 15.9. The standard InChI is InChI=1S/C26H26N2O5/c1-18-8-13-23(19(2)16-18)28-25(30)17-32-26(31)15-14-24(29)27-20-9-11-22(12-10-20)33-21-6-4-3-5-7-21/h3-13,16H,14-15,17H2,1-2H3,(H,27,29)(H,28,30). The van der Waals surface area contributed by atoms with Crippen molar-refractivity contribution in [2.45, 2.75) is 26.7 Å². The Kier molecular flexibility index (Phi) is 8.18. The Morgan fingerprint density at radius 1 is 0.758 bits per heavy atom. The highest BCUT2D eigenvalue weighted by Gasteiger charge is 2.12. The number of amides is 2. The molecule has 0 fully saturated rings. The fraction of sp³-hybridized carbons (Fsp3) is 0.192. The zero-order valence-corrected chi connectivity index (χ0v) is 18.6. The van der Waals surface area contributed by atoms with Gasteiger partial charge in [-0.15, -0.1) is 0 Å². The third-order valence-corrected chi connectivity index (χ3v) is 4.69. The van der Waals surface area contributed by atoms with Gasteiger partial charge in [-0.05, 0) is 61.9 Å². The van der Waals surface area contributed by atoms with Crippen LogP contribution in [0.15, 0.2) is 72.8 Å². The van der Waals surface area contributed by atoms with E-state index in [9.17, 15) is 14.4 Å². The van der Waals surface area contributed by atoms with E-state index in [1.165, 1.54) is 0 Å². The second kappa shape index (κ2) is 11.5. The van der Waals surface area contributed by atoms with Crippen LogP contribution in [0.2, 0.25) is 0 Å². The molecule has 7 nitrogen and oxygen atoms in total. The Hall–Kier alpha value is -4.13. The summed E-state index contributed by atoms with van der Waals surface area (Å²) >= 11 is 0. The van der Waals surface area contributed by atoms with E-state index in [4.69, 9.17) is 9.47 Å². The average molecular weight is 447 g/mol. The minimum absolute atomic E-state index is 0.0558. The molecule has 0 aliphatic carbocycles. The molecule has 0 saturated heterocycles. The van der Waals surface area contributed by atoms with Gasteiger partial charge in [-0.1, -0.05) is 35.9 Å². The lowest BCUT2D eigenvalue weighted by molar-refractivity contribution is -0.147. The van der Waals surface area contributed by atoms with Gasteiger partial charge < -0.3 is 20.1 Å². The van der Waals surface area contributed by atoms with E-state index in [0.717, 1.165) is 16.9 Å². The molecule has 0 aromatic heterocycles. The summed E-state index contributed by atoms with van der Waals surface area (Å²) in [5, 5.41) is 5.42. The molecule has 0 bridgehead atoms. The molecule has 3 rings (SSSR count). The number of carbonyl (C=O) groups is 3. The van der Waals surface area contributed by atoms with Crippen LogP contribution < -0.4 is 15.4 Å². The van der Waals surface area contributed by atoms with Gasteiger partial charge in [-0.2, -0.15) is 0 Å². The van der Waals surface area contributed by atoms with Crippen molar-refractivity contribution in [3.8, 4) is 11.5 Å². The SMILES string of the molecule is Cc1ccc(NC(=O)COC(=O)CCC(=O)Nc2ccc(Oc3ccccc3)cc2)c(C)c1. The van der Waals surface area contributed by atoms with E-state index in [1.54, 1.807) is 30.3 Å². The zero-order chi connectivity index (χ0) is 23.6. The normalized spacial score (nSPS) is 10.2. The van der Waals surface area contributed by atoms with Crippen LogP contribution in [-0.4, -0.2) is 24.4 Å². The maximum absolute atomic E-state index is 12.1. The molecule has 0 aliphatic heterocycles. The lowest BCUT2D eigenvalue weighted by Crippen LogP contribution is -2.22. The maximum atomic E-state index is 12.1. The van der Waals surface area contributed by atoms with Crippen molar-refractivity contribution in [2.24, 2.45) is 0 Å². The van der Waals surface area contributed by atoms with Gasteiger partial charge in [0.1, 0.15) is 11.5 Å². The summed E-state index contributed by atoms with van der Waals surface area (Å²) in [6.45, 7) is 3.44. The average Bonchev–Trinajstić information content (AvgIpc) is 2.80. The molecule has 3 aromatic carbocycles. The number of hydrogen-bond donors (Lipinski definition) is 2. The van der Waals surface area contributed by atoms with E-state index in [-0.39, 0.29) is 18.7 Å². The Labute approximate surface area is 192 Å². The molecule has 0 aliphatic rings. The fourth-order valence-electron chi connectivity index (χ4n) is 3.03. The van der Waals surface area contributed by atoms with Crippen LogP contribution in [0.1, 0.15) is 24.0 Å². The second-order valence-electron chi connectivity index (χ2n) is 7.51. The van der Waals surface area contributed by atoms with Gasteiger partial charge in [-0.3, -0.25) is 14.4 Å². The summed E-state index contributed by atoms with van der Waals surface area (Å²) in [4.78, 5) is 36.0. The largest absolute Gasteiger partial charge is 0.457 e. The summed E-state index contributed by atoms with van der Waals surface area (Å²) in [6, 6.07) is 21.9. The summed E-state index contributed by atoms with van der Waals surface area (Å²) < 4.78 is 10.7. The number of aryl methyl sites for hydroxylation is 2. The Morgan fingerprint density at radius 2 is 1.45 bits per heavy atom. The van der Waals surface area contributed by atoms with Gasteiger partial charge in [0.05, 0.1) is 6.42 Å². The van der Waals surface area contributed by atoms with E-state index in [2.05, 4.69) is 10.6 Å². The molecule has 0 heterocycles. The van der Waals surface area contributed by atoms with Crippen molar-refractivity contribution in [1.29, 1.82) is 0 Å². The number of esters is 1.